The average molecular weight is 489 g/mol. The van der Waals surface area contributed by atoms with Gasteiger partial charge in [-0.2, -0.15) is 5.10 Å². The van der Waals surface area contributed by atoms with Crippen LogP contribution < -0.4 is 4.90 Å². The molecule has 7 nitrogen and oxygen atoms in total. The number of nitrogens with one attached hydrogen (secondary N) is 1. The second-order valence-corrected chi connectivity index (χ2v) is 10.6. The molecular formula is C27H32N6OS. The Balaban J connectivity index is 1.12. The topological polar surface area (TPSA) is 78.0 Å². The minimum atomic E-state index is 0.0794. The monoisotopic (exact) mass is 488 g/mol. The van der Waals surface area contributed by atoms with E-state index in [1.54, 1.807) is 17.7 Å². The third-order valence-corrected chi connectivity index (χ3v) is 8.22. The standard InChI is InChI=1S/C27H32N6OS/c1-18-19(2)35-26-24(18)25(28-17-29-26)33-14-11-21(12-15-33)27(34)32(3)13-7-10-22-16-23(31-30-22)20-8-5-4-6-9-20/h4-6,8-9,16-17,21H,7,10-15H2,1-3H3,(H,30,31). The summed E-state index contributed by atoms with van der Waals surface area (Å²) in [7, 11) is 1.93. The summed E-state index contributed by atoms with van der Waals surface area (Å²) in [4.78, 5) is 28.8. The van der Waals surface area contributed by atoms with Crippen molar-refractivity contribution in [3.8, 4) is 11.3 Å². The molecule has 4 heterocycles. The van der Waals surface area contributed by atoms with Crippen LogP contribution in [0.1, 0.15) is 35.4 Å². The number of carbonyl (C=O) groups excluding carboxylic acids is 1. The Labute approximate surface area is 210 Å². The van der Waals surface area contributed by atoms with E-state index >= 15 is 0 Å². The number of hydrogen-bond donors (Lipinski definition) is 1. The van der Waals surface area contributed by atoms with Crippen molar-refractivity contribution in [3.05, 3.63) is 58.9 Å². The second-order valence-electron chi connectivity index (χ2n) is 9.43. The fourth-order valence-electron chi connectivity index (χ4n) is 4.92. The Morgan fingerprint density at radius 3 is 2.71 bits per heavy atom. The summed E-state index contributed by atoms with van der Waals surface area (Å²) in [6.45, 7) is 6.74. The average Bonchev–Trinajstić information content (AvgIpc) is 3.48. The summed E-state index contributed by atoms with van der Waals surface area (Å²) in [6, 6.07) is 12.3. The zero-order valence-corrected chi connectivity index (χ0v) is 21.4. The molecule has 1 fully saturated rings. The highest BCUT2D eigenvalue weighted by atomic mass is 32.1. The number of thiophene rings is 1. The van der Waals surface area contributed by atoms with E-state index in [1.165, 1.54) is 15.8 Å². The van der Waals surface area contributed by atoms with E-state index in [4.69, 9.17) is 0 Å². The lowest BCUT2D eigenvalue weighted by Gasteiger charge is -2.34. The van der Waals surface area contributed by atoms with Crippen LogP contribution in [0.15, 0.2) is 42.7 Å². The molecular weight excluding hydrogens is 456 g/mol. The highest BCUT2D eigenvalue weighted by Crippen LogP contribution is 2.35. The molecule has 35 heavy (non-hydrogen) atoms. The molecule has 0 saturated carbocycles. The van der Waals surface area contributed by atoms with Gasteiger partial charge in [-0.15, -0.1) is 11.3 Å². The number of aromatic amines is 1. The van der Waals surface area contributed by atoms with Crippen LogP contribution in [0.25, 0.3) is 21.5 Å². The fourth-order valence-corrected chi connectivity index (χ4v) is 5.91. The van der Waals surface area contributed by atoms with Gasteiger partial charge in [0.05, 0.1) is 11.1 Å². The van der Waals surface area contributed by atoms with E-state index in [2.05, 4.69) is 57.1 Å². The normalized spacial score (nSPS) is 14.5. The molecule has 1 aromatic carbocycles. The molecule has 5 rings (SSSR count). The first-order valence-electron chi connectivity index (χ1n) is 12.3. The van der Waals surface area contributed by atoms with Crippen molar-refractivity contribution in [1.29, 1.82) is 0 Å². The number of carbonyl (C=O) groups is 1. The Morgan fingerprint density at radius 2 is 1.94 bits per heavy atom. The van der Waals surface area contributed by atoms with Crippen molar-refractivity contribution in [3.63, 3.8) is 0 Å². The maximum Gasteiger partial charge on any atom is 0.225 e. The Bertz CT molecular complexity index is 1310. The smallest absolute Gasteiger partial charge is 0.225 e. The molecule has 1 saturated heterocycles. The number of aryl methyl sites for hydroxylation is 3. The lowest BCUT2D eigenvalue weighted by Crippen LogP contribution is -2.42. The molecule has 1 aliphatic heterocycles. The van der Waals surface area contributed by atoms with Crippen molar-refractivity contribution < 1.29 is 4.79 Å². The van der Waals surface area contributed by atoms with Gasteiger partial charge in [-0.1, -0.05) is 30.3 Å². The number of aromatic nitrogens is 4. The van der Waals surface area contributed by atoms with Crippen molar-refractivity contribution in [2.24, 2.45) is 5.92 Å². The van der Waals surface area contributed by atoms with Crippen molar-refractivity contribution in [2.45, 2.75) is 39.5 Å². The van der Waals surface area contributed by atoms with E-state index in [9.17, 15) is 4.79 Å². The molecule has 8 heteroatoms. The van der Waals surface area contributed by atoms with Crippen molar-refractivity contribution in [2.75, 3.05) is 31.6 Å². The first-order valence-corrected chi connectivity index (χ1v) is 13.1. The zero-order chi connectivity index (χ0) is 24.4. The highest BCUT2D eigenvalue weighted by Gasteiger charge is 2.29. The van der Waals surface area contributed by atoms with Crippen LogP contribution >= 0.6 is 11.3 Å². The molecule has 0 spiro atoms. The molecule has 4 aromatic rings. The number of hydrogen-bond acceptors (Lipinski definition) is 6. The number of H-pyrrole nitrogens is 1. The number of nitrogens with zero attached hydrogens (tertiary/aromatic N) is 5. The van der Waals surface area contributed by atoms with Crippen molar-refractivity contribution >= 4 is 33.3 Å². The van der Waals surface area contributed by atoms with Gasteiger partial charge in [0.25, 0.3) is 0 Å². The van der Waals surface area contributed by atoms with Crippen LogP contribution in [0.4, 0.5) is 5.82 Å². The van der Waals surface area contributed by atoms with Gasteiger partial charge < -0.3 is 9.80 Å². The van der Waals surface area contributed by atoms with Crippen LogP contribution in [-0.4, -0.2) is 57.7 Å². The number of benzene rings is 1. The summed E-state index contributed by atoms with van der Waals surface area (Å²) in [5.74, 6) is 1.36. The lowest BCUT2D eigenvalue weighted by molar-refractivity contribution is -0.134. The van der Waals surface area contributed by atoms with Gasteiger partial charge >= 0.3 is 0 Å². The number of fused-ring (bicyclic) bond motifs is 1. The molecule has 0 radical (unpaired) electrons. The third-order valence-electron chi connectivity index (χ3n) is 7.11. The summed E-state index contributed by atoms with van der Waals surface area (Å²) in [5, 5.41) is 8.74. The third kappa shape index (κ3) is 4.93. The fraction of sp³-hybridized carbons (Fsp3) is 0.407. The van der Waals surface area contributed by atoms with Gasteiger partial charge in [-0.3, -0.25) is 9.89 Å². The summed E-state index contributed by atoms with van der Waals surface area (Å²) >= 11 is 1.73. The molecule has 1 amide bonds. The number of amides is 1. The Morgan fingerprint density at radius 1 is 1.17 bits per heavy atom. The molecule has 0 atom stereocenters. The number of piperidine rings is 1. The van der Waals surface area contributed by atoms with Crippen LogP contribution in [0.5, 0.6) is 0 Å². The molecule has 3 aromatic heterocycles. The Kier molecular flexibility index (Phi) is 6.81. The highest BCUT2D eigenvalue weighted by molar-refractivity contribution is 7.18. The zero-order valence-electron chi connectivity index (χ0n) is 20.6. The van der Waals surface area contributed by atoms with Crippen LogP contribution in [0.3, 0.4) is 0 Å². The van der Waals surface area contributed by atoms with E-state index in [-0.39, 0.29) is 11.8 Å². The predicted molar refractivity (Wildman–Crippen MR) is 142 cm³/mol. The number of anilines is 1. The predicted octanol–water partition coefficient (Wildman–Crippen LogP) is 5.01. The molecule has 0 aliphatic carbocycles. The lowest BCUT2D eigenvalue weighted by atomic mass is 9.95. The molecule has 1 N–H and O–H groups in total. The van der Waals surface area contributed by atoms with Gasteiger partial charge in [0.1, 0.15) is 17.0 Å². The Hall–Kier alpha value is -3.26. The van der Waals surface area contributed by atoms with E-state index in [0.29, 0.717) is 0 Å². The molecule has 1 aliphatic rings. The molecule has 182 valence electrons. The summed E-state index contributed by atoms with van der Waals surface area (Å²) < 4.78 is 0. The van der Waals surface area contributed by atoms with Gasteiger partial charge in [0.15, 0.2) is 0 Å². The summed E-state index contributed by atoms with van der Waals surface area (Å²) in [5.41, 5.74) is 4.45. The van der Waals surface area contributed by atoms with Crippen LogP contribution in [0, 0.1) is 19.8 Å². The van der Waals surface area contributed by atoms with E-state index < -0.39 is 0 Å². The minimum absolute atomic E-state index is 0.0794. The summed E-state index contributed by atoms with van der Waals surface area (Å²) in [6.07, 6.45) is 5.17. The van der Waals surface area contributed by atoms with Gasteiger partial charge in [0, 0.05) is 48.7 Å². The van der Waals surface area contributed by atoms with Crippen LogP contribution in [0.2, 0.25) is 0 Å². The van der Waals surface area contributed by atoms with E-state index in [1.807, 2.05) is 30.1 Å². The maximum atomic E-state index is 13.1. The van der Waals surface area contributed by atoms with Crippen LogP contribution in [-0.2, 0) is 11.2 Å². The largest absolute Gasteiger partial charge is 0.356 e. The van der Waals surface area contributed by atoms with Gasteiger partial charge in [-0.05, 0) is 51.2 Å². The minimum Gasteiger partial charge on any atom is -0.356 e. The maximum absolute atomic E-state index is 13.1. The SMILES string of the molecule is Cc1sc2ncnc(N3CCC(C(=O)N(C)CCCc4cc(-c5ccccc5)n[nH]4)CC3)c2c1C. The number of rotatable bonds is 7. The van der Waals surface area contributed by atoms with Crippen molar-refractivity contribution in [1.82, 2.24) is 25.1 Å². The quantitative estimate of drug-likeness (QED) is 0.396. The van der Waals surface area contributed by atoms with E-state index in [0.717, 1.165) is 72.9 Å². The molecule has 0 unspecified atom stereocenters. The van der Waals surface area contributed by atoms with Gasteiger partial charge in [-0.25, -0.2) is 9.97 Å². The first kappa shape index (κ1) is 23.5. The van der Waals surface area contributed by atoms with Gasteiger partial charge in [0.2, 0.25) is 5.91 Å². The first-order chi connectivity index (χ1) is 17.0. The second kappa shape index (κ2) is 10.2. The molecule has 0 bridgehead atoms.